The number of amides is 2. The van der Waals surface area contributed by atoms with E-state index in [9.17, 15) is 9.59 Å². The van der Waals surface area contributed by atoms with Gasteiger partial charge in [0.15, 0.2) is 0 Å². The van der Waals surface area contributed by atoms with Crippen molar-refractivity contribution in [3.8, 4) is 0 Å². The zero-order valence-electron chi connectivity index (χ0n) is 15.1. The molecule has 0 radical (unpaired) electrons. The monoisotopic (exact) mass is 340 g/mol. The SMILES string of the molecule is Cc1cccc(C)c1NC(=O)c1cccc(C(=O)NCCN(C)C)n1. The van der Waals surface area contributed by atoms with Crippen LogP contribution in [0.1, 0.15) is 32.1 Å². The minimum Gasteiger partial charge on any atom is -0.349 e. The molecule has 1 aromatic heterocycles. The van der Waals surface area contributed by atoms with Crippen molar-refractivity contribution in [2.75, 3.05) is 32.5 Å². The third-order valence-electron chi connectivity index (χ3n) is 3.78. The number of nitrogens with zero attached hydrogens (tertiary/aromatic N) is 2. The van der Waals surface area contributed by atoms with Crippen molar-refractivity contribution < 1.29 is 9.59 Å². The van der Waals surface area contributed by atoms with Crippen LogP contribution in [0.4, 0.5) is 5.69 Å². The molecular formula is C19H24N4O2. The van der Waals surface area contributed by atoms with E-state index in [0.717, 1.165) is 23.4 Å². The molecule has 2 amide bonds. The predicted molar refractivity (Wildman–Crippen MR) is 99.0 cm³/mol. The Balaban J connectivity index is 2.10. The molecule has 0 fully saturated rings. The highest BCUT2D eigenvalue weighted by Gasteiger charge is 2.14. The Morgan fingerprint density at radius 2 is 1.52 bits per heavy atom. The van der Waals surface area contributed by atoms with Gasteiger partial charge < -0.3 is 15.5 Å². The molecule has 132 valence electrons. The summed E-state index contributed by atoms with van der Waals surface area (Å²) in [6.45, 7) is 5.13. The summed E-state index contributed by atoms with van der Waals surface area (Å²) in [5.41, 5.74) is 3.17. The second-order valence-electron chi connectivity index (χ2n) is 6.19. The van der Waals surface area contributed by atoms with Crippen molar-refractivity contribution in [2.24, 2.45) is 0 Å². The first-order valence-corrected chi connectivity index (χ1v) is 8.16. The molecule has 1 aromatic carbocycles. The molecule has 0 saturated carbocycles. The predicted octanol–water partition coefficient (Wildman–Crippen LogP) is 2.24. The number of hydrogen-bond acceptors (Lipinski definition) is 4. The highest BCUT2D eigenvalue weighted by atomic mass is 16.2. The van der Waals surface area contributed by atoms with Crippen LogP contribution in [-0.2, 0) is 0 Å². The number of carbonyl (C=O) groups is 2. The molecule has 2 aromatic rings. The Labute approximate surface area is 148 Å². The summed E-state index contributed by atoms with van der Waals surface area (Å²) in [5, 5.41) is 5.67. The summed E-state index contributed by atoms with van der Waals surface area (Å²) in [6.07, 6.45) is 0. The Hall–Kier alpha value is -2.73. The minimum atomic E-state index is -0.333. The van der Waals surface area contributed by atoms with Gasteiger partial charge in [-0.1, -0.05) is 24.3 Å². The first kappa shape index (κ1) is 18.6. The first-order valence-electron chi connectivity index (χ1n) is 8.16. The summed E-state index contributed by atoms with van der Waals surface area (Å²) < 4.78 is 0. The average molecular weight is 340 g/mol. The van der Waals surface area contributed by atoms with Gasteiger partial charge in [-0.15, -0.1) is 0 Å². The van der Waals surface area contributed by atoms with E-state index in [1.54, 1.807) is 18.2 Å². The van der Waals surface area contributed by atoms with Crippen molar-refractivity contribution in [1.29, 1.82) is 0 Å². The van der Waals surface area contributed by atoms with Crippen molar-refractivity contribution >= 4 is 17.5 Å². The molecular weight excluding hydrogens is 316 g/mol. The van der Waals surface area contributed by atoms with Gasteiger partial charge in [-0.3, -0.25) is 9.59 Å². The summed E-state index contributed by atoms with van der Waals surface area (Å²) in [4.78, 5) is 30.8. The highest BCUT2D eigenvalue weighted by Crippen LogP contribution is 2.20. The largest absolute Gasteiger partial charge is 0.349 e. The van der Waals surface area contributed by atoms with E-state index < -0.39 is 0 Å². The lowest BCUT2D eigenvalue weighted by Gasteiger charge is -2.12. The molecule has 0 aliphatic carbocycles. The standard InChI is InChI=1S/C19H24N4O2/c1-13-7-5-8-14(2)17(13)22-19(25)16-10-6-9-15(21-16)18(24)20-11-12-23(3)4/h5-10H,11-12H2,1-4H3,(H,20,24)(H,22,25). The number of nitrogens with one attached hydrogen (secondary N) is 2. The fraction of sp³-hybridized carbons (Fsp3) is 0.316. The molecule has 2 N–H and O–H groups in total. The molecule has 25 heavy (non-hydrogen) atoms. The van der Waals surface area contributed by atoms with Gasteiger partial charge in [0.05, 0.1) is 0 Å². The van der Waals surface area contributed by atoms with E-state index in [0.29, 0.717) is 6.54 Å². The summed E-state index contributed by atoms with van der Waals surface area (Å²) in [7, 11) is 3.87. The summed E-state index contributed by atoms with van der Waals surface area (Å²) in [6, 6.07) is 10.7. The van der Waals surface area contributed by atoms with E-state index in [4.69, 9.17) is 0 Å². The van der Waals surface area contributed by atoms with Crippen molar-refractivity contribution in [1.82, 2.24) is 15.2 Å². The van der Waals surface area contributed by atoms with Gasteiger partial charge in [0.25, 0.3) is 11.8 Å². The van der Waals surface area contributed by atoms with Gasteiger partial charge in [0, 0.05) is 18.8 Å². The Morgan fingerprint density at radius 3 is 2.12 bits per heavy atom. The summed E-state index contributed by atoms with van der Waals surface area (Å²) >= 11 is 0. The van der Waals surface area contributed by atoms with E-state index in [1.165, 1.54) is 0 Å². The highest BCUT2D eigenvalue weighted by molar-refractivity contribution is 6.04. The fourth-order valence-electron chi connectivity index (χ4n) is 2.36. The number of para-hydroxylation sites is 1. The first-order chi connectivity index (χ1) is 11.9. The van der Waals surface area contributed by atoms with Crippen LogP contribution in [0.5, 0.6) is 0 Å². The van der Waals surface area contributed by atoms with Crippen molar-refractivity contribution in [3.63, 3.8) is 0 Å². The molecule has 0 bridgehead atoms. The van der Waals surface area contributed by atoms with Crippen LogP contribution in [0.25, 0.3) is 0 Å². The van der Waals surface area contributed by atoms with Crippen LogP contribution in [0.15, 0.2) is 36.4 Å². The van der Waals surface area contributed by atoms with Gasteiger partial charge in [0.1, 0.15) is 11.4 Å². The van der Waals surface area contributed by atoms with Gasteiger partial charge >= 0.3 is 0 Å². The second kappa shape index (κ2) is 8.39. The number of rotatable bonds is 6. The lowest BCUT2D eigenvalue weighted by Crippen LogP contribution is -2.32. The number of aromatic nitrogens is 1. The minimum absolute atomic E-state index is 0.211. The lowest BCUT2D eigenvalue weighted by molar-refractivity contribution is 0.0946. The zero-order chi connectivity index (χ0) is 18.4. The Kier molecular flexibility index (Phi) is 6.25. The zero-order valence-corrected chi connectivity index (χ0v) is 15.1. The third kappa shape index (κ3) is 5.12. The lowest BCUT2D eigenvalue weighted by atomic mass is 10.1. The number of aryl methyl sites for hydroxylation is 2. The van der Waals surface area contributed by atoms with Crippen LogP contribution in [0.2, 0.25) is 0 Å². The normalized spacial score (nSPS) is 10.6. The smallest absolute Gasteiger partial charge is 0.274 e. The topological polar surface area (TPSA) is 74.3 Å². The maximum Gasteiger partial charge on any atom is 0.274 e. The van der Waals surface area contributed by atoms with Gasteiger partial charge in [-0.25, -0.2) is 4.98 Å². The van der Waals surface area contributed by atoms with Crippen molar-refractivity contribution in [3.05, 3.63) is 58.9 Å². The number of benzene rings is 1. The number of hydrogen-bond donors (Lipinski definition) is 2. The molecule has 2 rings (SSSR count). The number of likely N-dealkylation sites (N-methyl/N-ethyl adjacent to an activating group) is 1. The van der Waals surface area contributed by atoms with Gasteiger partial charge in [-0.05, 0) is 51.2 Å². The maximum absolute atomic E-state index is 12.5. The molecule has 0 atom stereocenters. The second-order valence-corrected chi connectivity index (χ2v) is 6.19. The fourth-order valence-corrected chi connectivity index (χ4v) is 2.36. The van der Waals surface area contributed by atoms with Gasteiger partial charge in [-0.2, -0.15) is 0 Å². The van der Waals surface area contributed by atoms with Gasteiger partial charge in [0.2, 0.25) is 0 Å². The molecule has 1 heterocycles. The van der Waals surface area contributed by atoms with E-state index in [-0.39, 0.29) is 23.2 Å². The van der Waals surface area contributed by atoms with Crippen LogP contribution >= 0.6 is 0 Å². The Bertz CT molecular complexity index is 752. The van der Waals surface area contributed by atoms with E-state index in [2.05, 4.69) is 15.6 Å². The van der Waals surface area contributed by atoms with Crippen LogP contribution in [-0.4, -0.2) is 48.9 Å². The van der Waals surface area contributed by atoms with Crippen LogP contribution in [0, 0.1) is 13.8 Å². The molecule has 0 saturated heterocycles. The van der Waals surface area contributed by atoms with Crippen LogP contribution in [0.3, 0.4) is 0 Å². The molecule has 0 aliphatic rings. The molecule has 0 unspecified atom stereocenters. The number of anilines is 1. The third-order valence-corrected chi connectivity index (χ3v) is 3.78. The quantitative estimate of drug-likeness (QED) is 0.846. The Morgan fingerprint density at radius 1 is 0.960 bits per heavy atom. The summed E-state index contributed by atoms with van der Waals surface area (Å²) in [5.74, 6) is -0.621. The molecule has 6 nitrogen and oxygen atoms in total. The average Bonchev–Trinajstić information content (AvgIpc) is 2.58. The van der Waals surface area contributed by atoms with Crippen LogP contribution < -0.4 is 10.6 Å². The molecule has 6 heteroatoms. The number of carbonyl (C=O) groups excluding carboxylic acids is 2. The van der Waals surface area contributed by atoms with Crippen molar-refractivity contribution in [2.45, 2.75) is 13.8 Å². The van der Waals surface area contributed by atoms with E-state index >= 15 is 0 Å². The number of pyridine rings is 1. The molecule has 0 aliphatic heterocycles. The maximum atomic E-state index is 12.5. The molecule has 0 spiro atoms. The van der Waals surface area contributed by atoms with E-state index in [1.807, 2.05) is 51.0 Å².